The predicted octanol–water partition coefficient (Wildman–Crippen LogP) is 3.60. The topological polar surface area (TPSA) is 49.4 Å². The molecule has 0 spiro atoms. The number of carbonyl (C=O) groups is 2. The molecule has 1 N–H and O–H groups in total. The molecular formula is C18H19FN2O2. The smallest absolute Gasteiger partial charge is 0.226 e. The minimum atomic E-state index is -0.400. The fourth-order valence-corrected chi connectivity index (χ4v) is 2.15. The Balaban J connectivity index is 1.76. The second kappa shape index (κ2) is 8.08. The number of para-hydroxylation sites is 1. The van der Waals surface area contributed by atoms with Gasteiger partial charge in [-0.3, -0.25) is 9.59 Å². The lowest BCUT2D eigenvalue weighted by Crippen LogP contribution is -2.26. The van der Waals surface area contributed by atoms with Crippen LogP contribution in [0.2, 0.25) is 0 Å². The van der Waals surface area contributed by atoms with Crippen LogP contribution >= 0.6 is 0 Å². The highest BCUT2D eigenvalue weighted by atomic mass is 19.1. The number of nitrogens with zero attached hydrogens (tertiary/aromatic N) is 1. The highest BCUT2D eigenvalue weighted by molar-refractivity contribution is 5.94. The summed E-state index contributed by atoms with van der Waals surface area (Å²) in [5.74, 6) is -0.678. The van der Waals surface area contributed by atoms with Gasteiger partial charge in [-0.05, 0) is 36.8 Å². The van der Waals surface area contributed by atoms with Crippen LogP contribution in [0.3, 0.4) is 0 Å². The highest BCUT2D eigenvalue weighted by Gasteiger charge is 2.11. The molecule has 0 aromatic heterocycles. The van der Waals surface area contributed by atoms with Crippen molar-refractivity contribution in [1.82, 2.24) is 0 Å². The molecule has 0 fully saturated rings. The Morgan fingerprint density at radius 1 is 1.04 bits per heavy atom. The predicted molar refractivity (Wildman–Crippen MR) is 88.7 cm³/mol. The number of amides is 2. The standard InChI is InChI=1S/C18H19FN2O2/c1-21(16-9-3-2-4-10-16)18(23)12-6-11-17(22)20-15-8-5-7-14(19)13-15/h2-5,7-10,13H,6,11-12H2,1H3,(H,20,22). The van der Waals surface area contributed by atoms with E-state index in [2.05, 4.69) is 5.32 Å². The molecule has 0 bridgehead atoms. The van der Waals surface area contributed by atoms with E-state index < -0.39 is 5.82 Å². The lowest BCUT2D eigenvalue weighted by molar-refractivity contribution is -0.118. The molecular weight excluding hydrogens is 295 g/mol. The number of halogens is 1. The first-order valence-electron chi connectivity index (χ1n) is 7.43. The van der Waals surface area contributed by atoms with Gasteiger partial charge in [0, 0.05) is 31.3 Å². The summed E-state index contributed by atoms with van der Waals surface area (Å²) in [6, 6.07) is 15.1. The molecule has 0 aliphatic heterocycles. The second-order valence-corrected chi connectivity index (χ2v) is 5.20. The normalized spacial score (nSPS) is 10.2. The molecule has 0 saturated heterocycles. The van der Waals surface area contributed by atoms with Crippen molar-refractivity contribution in [3.05, 3.63) is 60.4 Å². The van der Waals surface area contributed by atoms with Gasteiger partial charge in [0.1, 0.15) is 5.82 Å². The molecule has 120 valence electrons. The lowest BCUT2D eigenvalue weighted by atomic mass is 10.2. The molecule has 0 aliphatic rings. The fraction of sp³-hybridized carbons (Fsp3) is 0.222. The molecule has 0 unspecified atom stereocenters. The summed E-state index contributed by atoms with van der Waals surface area (Å²) in [6.45, 7) is 0. The van der Waals surface area contributed by atoms with Crippen LogP contribution in [0, 0.1) is 5.82 Å². The molecule has 0 saturated carbocycles. The maximum absolute atomic E-state index is 13.0. The minimum absolute atomic E-state index is 0.0465. The number of rotatable bonds is 6. The van der Waals surface area contributed by atoms with Crippen molar-refractivity contribution >= 4 is 23.2 Å². The van der Waals surface area contributed by atoms with Crippen LogP contribution < -0.4 is 10.2 Å². The number of hydrogen-bond acceptors (Lipinski definition) is 2. The Morgan fingerprint density at radius 2 is 1.78 bits per heavy atom. The molecule has 2 rings (SSSR count). The van der Waals surface area contributed by atoms with Gasteiger partial charge in [-0.2, -0.15) is 0 Å². The summed E-state index contributed by atoms with van der Waals surface area (Å²) in [7, 11) is 1.71. The van der Waals surface area contributed by atoms with Gasteiger partial charge >= 0.3 is 0 Å². The number of hydrogen-bond donors (Lipinski definition) is 1. The van der Waals surface area contributed by atoms with Crippen molar-refractivity contribution in [3.8, 4) is 0 Å². The first-order chi connectivity index (χ1) is 11.1. The van der Waals surface area contributed by atoms with Gasteiger partial charge in [0.2, 0.25) is 11.8 Å². The van der Waals surface area contributed by atoms with Crippen LogP contribution in [0.15, 0.2) is 54.6 Å². The molecule has 0 radical (unpaired) electrons. The highest BCUT2D eigenvalue weighted by Crippen LogP contribution is 2.14. The van der Waals surface area contributed by atoms with Crippen molar-refractivity contribution in [2.24, 2.45) is 0 Å². The van der Waals surface area contributed by atoms with E-state index in [4.69, 9.17) is 0 Å². The van der Waals surface area contributed by atoms with Crippen LogP contribution in [0.4, 0.5) is 15.8 Å². The molecule has 2 amide bonds. The molecule has 0 heterocycles. The van der Waals surface area contributed by atoms with Crippen LogP contribution in [-0.2, 0) is 9.59 Å². The monoisotopic (exact) mass is 314 g/mol. The molecule has 0 atom stereocenters. The summed E-state index contributed by atoms with van der Waals surface area (Å²) in [5, 5.41) is 2.61. The van der Waals surface area contributed by atoms with Crippen LogP contribution in [0.1, 0.15) is 19.3 Å². The van der Waals surface area contributed by atoms with E-state index in [-0.39, 0.29) is 24.7 Å². The largest absolute Gasteiger partial charge is 0.326 e. The van der Waals surface area contributed by atoms with E-state index in [9.17, 15) is 14.0 Å². The fourth-order valence-electron chi connectivity index (χ4n) is 2.15. The van der Waals surface area contributed by atoms with Gasteiger partial charge in [0.25, 0.3) is 0 Å². The summed E-state index contributed by atoms with van der Waals surface area (Å²) >= 11 is 0. The molecule has 23 heavy (non-hydrogen) atoms. The zero-order valence-corrected chi connectivity index (χ0v) is 13.0. The average Bonchev–Trinajstić information content (AvgIpc) is 2.55. The molecule has 0 aliphatic carbocycles. The van der Waals surface area contributed by atoms with Gasteiger partial charge in [-0.15, -0.1) is 0 Å². The van der Waals surface area contributed by atoms with E-state index in [0.29, 0.717) is 12.1 Å². The van der Waals surface area contributed by atoms with Gasteiger partial charge in [-0.25, -0.2) is 4.39 Å². The number of anilines is 2. The quantitative estimate of drug-likeness (QED) is 0.885. The van der Waals surface area contributed by atoms with Crippen molar-refractivity contribution in [2.75, 3.05) is 17.3 Å². The van der Waals surface area contributed by atoms with Gasteiger partial charge in [-0.1, -0.05) is 24.3 Å². The Kier molecular flexibility index (Phi) is 5.86. The number of nitrogens with one attached hydrogen (secondary N) is 1. The molecule has 2 aromatic carbocycles. The third-order valence-corrected chi connectivity index (χ3v) is 3.42. The Morgan fingerprint density at radius 3 is 2.48 bits per heavy atom. The molecule has 4 nitrogen and oxygen atoms in total. The number of carbonyl (C=O) groups excluding carboxylic acids is 2. The van der Waals surface area contributed by atoms with E-state index in [1.807, 2.05) is 30.3 Å². The Bertz CT molecular complexity index is 674. The van der Waals surface area contributed by atoms with Gasteiger partial charge < -0.3 is 10.2 Å². The van der Waals surface area contributed by atoms with Crippen molar-refractivity contribution < 1.29 is 14.0 Å². The minimum Gasteiger partial charge on any atom is -0.326 e. The molecule has 2 aromatic rings. The number of benzene rings is 2. The van der Waals surface area contributed by atoms with Crippen LogP contribution in [0.25, 0.3) is 0 Å². The maximum Gasteiger partial charge on any atom is 0.226 e. The SMILES string of the molecule is CN(C(=O)CCCC(=O)Nc1cccc(F)c1)c1ccccc1. The van der Waals surface area contributed by atoms with Crippen molar-refractivity contribution in [2.45, 2.75) is 19.3 Å². The van der Waals surface area contributed by atoms with E-state index in [1.54, 1.807) is 18.0 Å². The zero-order chi connectivity index (χ0) is 16.7. The van der Waals surface area contributed by atoms with Crippen LogP contribution in [-0.4, -0.2) is 18.9 Å². The third kappa shape index (κ3) is 5.21. The summed E-state index contributed by atoms with van der Waals surface area (Å²) in [4.78, 5) is 25.4. The van der Waals surface area contributed by atoms with E-state index >= 15 is 0 Å². The van der Waals surface area contributed by atoms with Crippen molar-refractivity contribution in [1.29, 1.82) is 0 Å². The Hall–Kier alpha value is -2.69. The van der Waals surface area contributed by atoms with Gasteiger partial charge in [0.15, 0.2) is 0 Å². The Labute approximate surface area is 134 Å². The summed E-state index contributed by atoms with van der Waals surface area (Å²) < 4.78 is 13.0. The van der Waals surface area contributed by atoms with Gasteiger partial charge in [0.05, 0.1) is 0 Å². The van der Waals surface area contributed by atoms with E-state index in [1.165, 1.54) is 18.2 Å². The third-order valence-electron chi connectivity index (χ3n) is 3.42. The maximum atomic E-state index is 13.0. The summed E-state index contributed by atoms with van der Waals surface area (Å²) in [6.07, 6.45) is 0.935. The first-order valence-corrected chi connectivity index (χ1v) is 7.43. The molecule has 5 heteroatoms. The first kappa shape index (κ1) is 16.7. The zero-order valence-electron chi connectivity index (χ0n) is 13.0. The lowest BCUT2D eigenvalue weighted by Gasteiger charge is -2.17. The van der Waals surface area contributed by atoms with E-state index in [0.717, 1.165) is 5.69 Å². The average molecular weight is 314 g/mol. The van der Waals surface area contributed by atoms with Crippen molar-refractivity contribution in [3.63, 3.8) is 0 Å². The van der Waals surface area contributed by atoms with Crippen LogP contribution in [0.5, 0.6) is 0 Å². The second-order valence-electron chi connectivity index (χ2n) is 5.20. The summed E-state index contributed by atoms with van der Waals surface area (Å²) in [5.41, 5.74) is 1.24.